The highest BCUT2D eigenvalue weighted by molar-refractivity contribution is 7.80. The molecule has 2 aromatic rings. The largest absolute Gasteiger partial charge is 0.331 e. The van der Waals surface area contributed by atoms with Gasteiger partial charge >= 0.3 is 0 Å². The molecule has 0 unspecified atom stereocenters. The van der Waals surface area contributed by atoms with Crippen molar-refractivity contribution in [3.05, 3.63) is 70.9 Å². The lowest BCUT2D eigenvalue weighted by Crippen LogP contribution is -2.45. The first-order chi connectivity index (χ1) is 13.4. The van der Waals surface area contributed by atoms with Crippen LogP contribution >= 0.6 is 23.8 Å². The Labute approximate surface area is 173 Å². The van der Waals surface area contributed by atoms with Gasteiger partial charge in [0.05, 0.1) is 12.5 Å². The number of carbonyl (C=O) groups excluding carboxylic acids is 2. The number of carbonyl (C=O) groups is 2. The molecule has 0 fully saturated rings. The van der Waals surface area contributed by atoms with Gasteiger partial charge < -0.3 is 10.2 Å². The Bertz CT molecular complexity index is 947. The standard InChI is InChI=1S/C20H19ClN4O2S/c1-13(26)25-10-9-14-5-2-3-8-17(14)18(25)12-19(27)23-24-20(28)22-16-7-4-6-15(21)11-16/h2-11,18H,12H2,1H3,(H,23,27)(H2,22,24,28)/t18-/m0/s1. The summed E-state index contributed by atoms with van der Waals surface area (Å²) in [5, 5.41) is 3.73. The topological polar surface area (TPSA) is 73.5 Å². The van der Waals surface area contributed by atoms with Crippen molar-refractivity contribution in [3.8, 4) is 0 Å². The van der Waals surface area contributed by atoms with Crippen LogP contribution in [-0.2, 0) is 9.59 Å². The van der Waals surface area contributed by atoms with E-state index in [2.05, 4.69) is 16.2 Å². The van der Waals surface area contributed by atoms with Crippen LogP contribution < -0.4 is 16.2 Å². The van der Waals surface area contributed by atoms with Gasteiger partial charge in [-0.15, -0.1) is 0 Å². The number of amides is 2. The molecule has 3 N–H and O–H groups in total. The van der Waals surface area contributed by atoms with Crippen molar-refractivity contribution < 1.29 is 9.59 Å². The molecule has 0 saturated carbocycles. The molecule has 0 aliphatic carbocycles. The zero-order valence-electron chi connectivity index (χ0n) is 15.1. The van der Waals surface area contributed by atoms with Crippen LogP contribution in [0.1, 0.15) is 30.5 Å². The molecule has 1 atom stereocenters. The summed E-state index contributed by atoms with van der Waals surface area (Å²) >= 11 is 11.1. The normalized spacial score (nSPS) is 14.8. The number of nitrogens with one attached hydrogen (secondary N) is 3. The first-order valence-corrected chi connectivity index (χ1v) is 9.40. The van der Waals surface area contributed by atoms with Crippen LogP contribution in [0.15, 0.2) is 54.7 Å². The summed E-state index contributed by atoms with van der Waals surface area (Å²) in [6, 6.07) is 14.4. The van der Waals surface area contributed by atoms with Crippen molar-refractivity contribution in [3.63, 3.8) is 0 Å². The maximum atomic E-state index is 12.5. The van der Waals surface area contributed by atoms with Crippen LogP contribution in [0, 0.1) is 0 Å². The van der Waals surface area contributed by atoms with Gasteiger partial charge in [-0.25, -0.2) is 0 Å². The predicted molar refractivity (Wildman–Crippen MR) is 114 cm³/mol. The van der Waals surface area contributed by atoms with E-state index in [4.69, 9.17) is 23.8 Å². The first kappa shape index (κ1) is 19.9. The van der Waals surface area contributed by atoms with Crippen LogP contribution in [0.2, 0.25) is 5.02 Å². The van der Waals surface area contributed by atoms with E-state index in [0.29, 0.717) is 10.7 Å². The maximum absolute atomic E-state index is 12.5. The fraction of sp³-hybridized carbons (Fsp3) is 0.150. The molecule has 0 spiro atoms. The van der Waals surface area contributed by atoms with Crippen LogP contribution in [0.4, 0.5) is 5.69 Å². The zero-order valence-corrected chi connectivity index (χ0v) is 16.7. The van der Waals surface area contributed by atoms with Gasteiger partial charge in [0.25, 0.3) is 0 Å². The smallest absolute Gasteiger partial charge is 0.240 e. The van der Waals surface area contributed by atoms with E-state index in [1.807, 2.05) is 30.3 Å². The summed E-state index contributed by atoms with van der Waals surface area (Å²) in [5.74, 6) is -0.425. The Kier molecular flexibility index (Phi) is 6.28. The highest BCUT2D eigenvalue weighted by Crippen LogP contribution is 2.32. The molecule has 2 aromatic carbocycles. The molecule has 0 bridgehead atoms. The number of benzene rings is 2. The third kappa shape index (κ3) is 4.88. The minimum atomic E-state index is -0.380. The molecule has 1 aliphatic heterocycles. The second-order valence-corrected chi connectivity index (χ2v) is 7.07. The summed E-state index contributed by atoms with van der Waals surface area (Å²) in [6.07, 6.45) is 3.67. The average Bonchev–Trinajstić information content (AvgIpc) is 2.66. The van der Waals surface area contributed by atoms with E-state index in [1.54, 1.807) is 35.4 Å². The molecule has 1 heterocycles. The van der Waals surface area contributed by atoms with Gasteiger partial charge in [-0.05, 0) is 47.6 Å². The first-order valence-electron chi connectivity index (χ1n) is 8.61. The fourth-order valence-corrected chi connectivity index (χ4v) is 3.35. The van der Waals surface area contributed by atoms with Crippen molar-refractivity contribution in [1.82, 2.24) is 15.8 Å². The Morgan fingerprint density at radius 2 is 1.93 bits per heavy atom. The number of nitrogens with zero attached hydrogens (tertiary/aromatic N) is 1. The van der Waals surface area contributed by atoms with Crippen LogP contribution in [0.3, 0.4) is 0 Å². The van der Waals surface area contributed by atoms with Gasteiger partial charge in [0, 0.05) is 23.8 Å². The van der Waals surface area contributed by atoms with E-state index in [0.717, 1.165) is 11.1 Å². The Hall–Kier alpha value is -2.90. The highest BCUT2D eigenvalue weighted by atomic mass is 35.5. The van der Waals surface area contributed by atoms with Crippen molar-refractivity contribution in [1.29, 1.82) is 0 Å². The lowest BCUT2D eigenvalue weighted by Gasteiger charge is -2.32. The van der Waals surface area contributed by atoms with E-state index >= 15 is 0 Å². The second-order valence-electron chi connectivity index (χ2n) is 6.23. The number of fused-ring (bicyclic) bond motifs is 1. The summed E-state index contributed by atoms with van der Waals surface area (Å²) < 4.78 is 0. The molecule has 2 amide bonds. The molecule has 144 valence electrons. The summed E-state index contributed by atoms with van der Waals surface area (Å²) in [6.45, 7) is 1.48. The lowest BCUT2D eigenvalue weighted by atomic mass is 9.93. The Morgan fingerprint density at radius 1 is 1.14 bits per heavy atom. The van der Waals surface area contributed by atoms with Crippen molar-refractivity contribution in [2.45, 2.75) is 19.4 Å². The minimum absolute atomic E-state index is 0.0910. The van der Waals surface area contributed by atoms with Gasteiger partial charge in [0.2, 0.25) is 11.8 Å². The van der Waals surface area contributed by atoms with Crippen molar-refractivity contribution in [2.75, 3.05) is 5.32 Å². The number of hydrazine groups is 1. The Morgan fingerprint density at radius 3 is 2.68 bits per heavy atom. The van der Waals surface area contributed by atoms with Gasteiger partial charge in [-0.3, -0.25) is 20.4 Å². The Balaban J connectivity index is 1.61. The maximum Gasteiger partial charge on any atom is 0.240 e. The van der Waals surface area contributed by atoms with Gasteiger partial charge in [0.1, 0.15) is 0 Å². The van der Waals surface area contributed by atoms with Crippen LogP contribution in [0.5, 0.6) is 0 Å². The SMILES string of the molecule is CC(=O)N1C=Cc2ccccc2[C@@H]1CC(=O)NNC(=S)Nc1cccc(Cl)c1. The molecule has 0 radical (unpaired) electrons. The fourth-order valence-electron chi connectivity index (χ4n) is 2.99. The molecule has 0 aromatic heterocycles. The van der Waals surface area contributed by atoms with E-state index < -0.39 is 0 Å². The molecule has 28 heavy (non-hydrogen) atoms. The quantitative estimate of drug-likeness (QED) is 0.528. The molecule has 1 aliphatic rings. The van der Waals surface area contributed by atoms with Gasteiger partial charge in [-0.2, -0.15) is 0 Å². The number of rotatable bonds is 3. The molecular formula is C20H19ClN4O2S. The molecular weight excluding hydrogens is 396 g/mol. The number of hydrogen-bond acceptors (Lipinski definition) is 3. The minimum Gasteiger partial charge on any atom is -0.331 e. The second kappa shape index (κ2) is 8.86. The monoisotopic (exact) mass is 414 g/mol. The zero-order chi connectivity index (χ0) is 20.1. The van der Waals surface area contributed by atoms with E-state index in [9.17, 15) is 9.59 Å². The van der Waals surface area contributed by atoms with Crippen molar-refractivity contribution in [2.24, 2.45) is 0 Å². The third-order valence-corrected chi connectivity index (χ3v) is 4.68. The van der Waals surface area contributed by atoms with E-state index in [1.165, 1.54) is 6.92 Å². The third-order valence-electron chi connectivity index (χ3n) is 4.25. The van der Waals surface area contributed by atoms with Gasteiger partial charge in [0.15, 0.2) is 5.11 Å². The number of thiocarbonyl (C=S) groups is 1. The number of anilines is 1. The molecule has 0 saturated heterocycles. The summed E-state index contributed by atoms with van der Waals surface area (Å²) in [4.78, 5) is 26.0. The molecule has 8 heteroatoms. The predicted octanol–water partition coefficient (Wildman–Crippen LogP) is 3.62. The lowest BCUT2D eigenvalue weighted by molar-refractivity contribution is -0.130. The summed E-state index contributed by atoms with van der Waals surface area (Å²) in [5.41, 5.74) is 7.85. The highest BCUT2D eigenvalue weighted by Gasteiger charge is 2.28. The number of hydrogen-bond donors (Lipinski definition) is 3. The van der Waals surface area contributed by atoms with Crippen molar-refractivity contribution >= 4 is 52.5 Å². The van der Waals surface area contributed by atoms with Gasteiger partial charge in [-0.1, -0.05) is 41.9 Å². The van der Waals surface area contributed by atoms with Crippen LogP contribution in [0.25, 0.3) is 6.08 Å². The molecule has 6 nitrogen and oxygen atoms in total. The van der Waals surface area contributed by atoms with Crippen LogP contribution in [-0.4, -0.2) is 21.8 Å². The number of halogens is 1. The van der Waals surface area contributed by atoms with E-state index in [-0.39, 0.29) is 29.4 Å². The average molecular weight is 415 g/mol. The summed E-state index contributed by atoms with van der Waals surface area (Å²) in [7, 11) is 0. The molecule has 3 rings (SSSR count).